The van der Waals surface area contributed by atoms with Crippen molar-refractivity contribution in [3.8, 4) is 0 Å². The minimum absolute atomic E-state index is 0.217. The minimum atomic E-state index is -5.73. The summed E-state index contributed by atoms with van der Waals surface area (Å²) < 4.78 is 70.8. The fraction of sp³-hybridized carbons (Fsp3) is 0.500. The van der Waals surface area contributed by atoms with Crippen LogP contribution in [0.25, 0.3) is 0 Å². The van der Waals surface area contributed by atoms with Crippen molar-refractivity contribution in [2.45, 2.75) is 44.2 Å². The number of esters is 1. The molecule has 0 aromatic heterocycles. The third kappa shape index (κ3) is 3.69. The third-order valence-corrected chi connectivity index (χ3v) is 6.29. The van der Waals surface area contributed by atoms with Crippen molar-refractivity contribution < 1.29 is 35.3 Å². The molecule has 0 unspecified atom stereocenters. The zero-order valence-corrected chi connectivity index (χ0v) is 15.3. The van der Waals surface area contributed by atoms with Crippen molar-refractivity contribution in [2.75, 3.05) is 0 Å². The molecule has 0 N–H and O–H groups in total. The lowest BCUT2D eigenvalue weighted by molar-refractivity contribution is -0.0564. The van der Waals surface area contributed by atoms with E-state index >= 15 is 0 Å². The van der Waals surface area contributed by atoms with E-state index in [1.165, 1.54) is 6.08 Å². The van der Waals surface area contributed by atoms with Crippen molar-refractivity contribution >= 4 is 16.1 Å². The monoisotopic (exact) mass is 404 g/mol. The summed E-state index contributed by atoms with van der Waals surface area (Å²) >= 11 is 0. The average molecular weight is 404 g/mol. The van der Waals surface area contributed by atoms with Crippen LogP contribution in [0, 0.1) is 11.3 Å². The summed E-state index contributed by atoms with van der Waals surface area (Å²) in [6, 6.07) is 8.39. The molecule has 0 saturated heterocycles. The predicted octanol–water partition coefficient (Wildman–Crippen LogP) is 4.17. The highest BCUT2D eigenvalue weighted by atomic mass is 32.2. The lowest BCUT2D eigenvalue weighted by atomic mass is 9.67. The number of rotatable bonds is 4. The fourth-order valence-electron chi connectivity index (χ4n) is 3.87. The number of fused-ring (bicyclic) bond motifs is 1. The summed E-state index contributed by atoms with van der Waals surface area (Å²) in [6.45, 7) is 1.66. The Kier molecular flexibility index (Phi) is 5.00. The fourth-order valence-corrected chi connectivity index (χ4v) is 4.46. The molecule has 27 heavy (non-hydrogen) atoms. The van der Waals surface area contributed by atoms with Crippen LogP contribution in [-0.2, 0) is 19.0 Å². The summed E-state index contributed by atoms with van der Waals surface area (Å²) in [7, 11) is -5.73. The first-order valence-corrected chi connectivity index (χ1v) is 9.93. The smallest absolute Gasteiger partial charge is 0.458 e. The van der Waals surface area contributed by atoms with Crippen LogP contribution in [0.3, 0.4) is 0 Å². The van der Waals surface area contributed by atoms with Gasteiger partial charge in [0, 0.05) is 11.3 Å². The van der Waals surface area contributed by atoms with Crippen molar-refractivity contribution in [3.05, 3.63) is 47.7 Å². The number of carbonyl (C=O) groups is 1. The molecule has 0 radical (unpaired) electrons. The summed E-state index contributed by atoms with van der Waals surface area (Å²) in [5.74, 6) is -1.07. The van der Waals surface area contributed by atoms with E-state index in [4.69, 9.17) is 4.74 Å². The number of alkyl halides is 3. The Hall–Kier alpha value is -2.03. The first-order chi connectivity index (χ1) is 12.5. The van der Waals surface area contributed by atoms with Crippen LogP contribution in [0.15, 0.2) is 42.2 Å². The van der Waals surface area contributed by atoms with Crippen LogP contribution in [0.5, 0.6) is 0 Å². The van der Waals surface area contributed by atoms with Crippen molar-refractivity contribution in [1.82, 2.24) is 0 Å². The van der Waals surface area contributed by atoms with E-state index < -0.39 is 33.1 Å². The average Bonchev–Trinajstić information content (AvgIpc) is 2.91. The molecule has 1 saturated carbocycles. The second kappa shape index (κ2) is 6.85. The molecule has 2 aliphatic rings. The molecule has 9 heteroatoms. The molecule has 0 aliphatic heterocycles. The molecule has 0 spiro atoms. The van der Waals surface area contributed by atoms with Crippen LogP contribution in [-0.4, -0.2) is 26.0 Å². The number of carbonyl (C=O) groups excluding carboxylic acids is 1. The largest absolute Gasteiger partial charge is 0.534 e. The van der Waals surface area contributed by atoms with Gasteiger partial charge in [-0.25, -0.2) is 4.79 Å². The number of allylic oxidation sites excluding steroid dienone is 2. The lowest BCUT2D eigenvalue weighted by Crippen LogP contribution is -2.42. The van der Waals surface area contributed by atoms with Gasteiger partial charge in [0.05, 0.1) is 5.56 Å². The Bertz CT molecular complexity index is 847. The van der Waals surface area contributed by atoms with Gasteiger partial charge in [0.2, 0.25) is 0 Å². The van der Waals surface area contributed by atoms with E-state index in [0.29, 0.717) is 24.8 Å². The second-order valence-electron chi connectivity index (χ2n) is 7.01. The first-order valence-electron chi connectivity index (χ1n) is 8.52. The lowest BCUT2D eigenvalue weighted by Gasteiger charge is -2.42. The Morgan fingerprint density at radius 3 is 2.52 bits per heavy atom. The number of hydrogen-bond donors (Lipinski definition) is 0. The summed E-state index contributed by atoms with van der Waals surface area (Å²) in [5, 5.41) is 0. The topological polar surface area (TPSA) is 69.7 Å². The molecule has 5 nitrogen and oxygen atoms in total. The van der Waals surface area contributed by atoms with E-state index in [2.05, 4.69) is 4.18 Å². The normalized spacial score (nSPS) is 28.2. The maximum Gasteiger partial charge on any atom is 0.534 e. The first kappa shape index (κ1) is 19.7. The number of halogens is 3. The van der Waals surface area contributed by atoms with E-state index in [1.807, 2.05) is 0 Å². The van der Waals surface area contributed by atoms with E-state index in [-0.39, 0.29) is 18.1 Å². The highest BCUT2D eigenvalue weighted by molar-refractivity contribution is 7.87. The number of ether oxygens (including phenoxy) is 1. The third-order valence-electron chi connectivity index (χ3n) is 5.32. The molecule has 1 aromatic carbocycles. The molecular weight excluding hydrogens is 385 g/mol. The number of hydrogen-bond acceptors (Lipinski definition) is 5. The van der Waals surface area contributed by atoms with Crippen molar-refractivity contribution in [1.29, 1.82) is 0 Å². The van der Waals surface area contributed by atoms with Crippen LogP contribution < -0.4 is 0 Å². The highest BCUT2D eigenvalue weighted by Crippen LogP contribution is 2.54. The SMILES string of the molecule is C[C@]12CCC[C@H](OC(=O)c3ccccc3)[C@@H]1CC=C2OS(=O)(=O)C(F)(F)F. The van der Waals surface area contributed by atoms with Crippen LogP contribution in [0.1, 0.15) is 43.0 Å². The summed E-state index contributed by atoms with van der Waals surface area (Å²) in [4.78, 5) is 12.3. The molecule has 0 heterocycles. The Balaban J connectivity index is 1.76. The van der Waals surface area contributed by atoms with Gasteiger partial charge in [-0.05, 0) is 43.9 Å². The Labute approximate surface area is 155 Å². The predicted molar refractivity (Wildman–Crippen MR) is 89.9 cm³/mol. The maximum absolute atomic E-state index is 12.7. The van der Waals surface area contributed by atoms with Gasteiger partial charge in [0.25, 0.3) is 0 Å². The molecule has 1 fully saturated rings. The van der Waals surface area contributed by atoms with Gasteiger partial charge in [-0.1, -0.05) is 25.1 Å². The van der Waals surface area contributed by atoms with Gasteiger partial charge < -0.3 is 8.92 Å². The van der Waals surface area contributed by atoms with Gasteiger partial charge in [0.15, 0.2) is 0 Å². The number of benzene rings is 1. The zero-order chi connectivity index (χ0) is 19.9. The molecule has 3 atom stereocenters. The van der Waals surface area contributed by atoms with E-state index in [9.17, 15) is 26.4 Å². The van der Waals surface area contributed by atoms with E-state index in [0.717, 1.165) is 0 Å². The van der Waals surface area contributed by atoms with Crippen molar-refractivity contribution in [3.63, 3.8) is 0 Å². The molecule has 0 bridgehead atoms. The summed E-state index contributed by atoms with van der Waals surface area (Å²) in [5.41, 5.74) is -6.04. The maximum atomic E-state index is 12.7. The van der Waals surface area contributed by atoms with Gasteiger partial charge in [0.1, 0.15) is 11.9 Å². The molecular formula is C18H19F3O5S. The van der Waals surface area contributed by atoms with Gasteiger partial charge in [-0.2, -0.15) is 21.6 Å². The molecule has 1 aromatic rings. The highest BCUT2D eigenvalue weighted by Gasteiger charge is 2.55. The molecule has 148 valence electrons. The van der Waals surface area contributed by atoms with Crippen molar-refractivity contribution in [2.24, 2.45) is 11.3 Å². The summed E-state index contributed by atoms with van der Waals surface area (Å²) in [6.07, 6.45) is 2.71. The van der Waals surface area contributed by atoms with E-state index in [1.54, 1.807) is 37.3 Å². The Morgan fingerprint density at radius 2 is 1.89 bits per heavy atom. The molecule has 3 rings (SSSR count). The van der Waals surface area contributed by atoms with Gasteiger partial charge in [-0.3, -0.25) is 0 Å². The minimum Gasteiger partial charge on any atom is -0.458 e. The van der Waals surface area contributed by atoms with Crippen LogP contribution in [0.4, 0.5) is 13.2 Å². The molecule has 0 amide bonds. The molecule has 2 aliphatic carbocycles. The Morgan fingerprint density at radius 1 is 1.22 bits per heavy atom. The quantitative estimate of drug-likeness (QED) is 0.428. The standard InChI is InChI=1S/C18H19F3O5S/c1-17-11-5-8-14(25-16(22)12-6-3-2-4-7-12)13(17)9-10-15(17)26-27(23,24)18(19,20)21/h2-4,6-7,10,13-14H,5,8-9,11H2,1H3/t13-,14-,17-/m0/s1. The van der Waals surface area contributed by atoms with Gasteiger partial charge in [-0.15, -0.1) is 0 Å². The second-order valence-corrected chi connectivity index (χ2v) is 8.55. The zero-order valence-electron chi connectivity index (χ0n) is 14.5. The van der Waals surface area contributed by atoms with Crippen LogP contribution >= 0.6 is 0 Å². The van der Waals surface area contributed by atoms with Gasteiger partial charge >= 0.3 is 21.6 Å². The van der Waals surface area contributed by atoms with Crippen LogP contribution in [0.2, 0.25) is 0 Å².